The lowest BCUT2D eigenvalue weighted by molar-refractivity contribution is -0.231. The molecule has 0 bridgehead atoms. The van der Waals surface area contributed by atoms with Crippen LogP contribution in [-0.4, -0.2) is 70.8 Å². The van der Waals surface area contributed by atoms with E-state index in [1.807, 2.05) is 30.3 Å². The summed E-state index contributed by atoms with van der Waals surface area (Å²) in [7, 11) is 0. The Bertz CT molecular complexity index is 884. The van der Waals surface area contributed by atoms with Crippen molar-refractivity contribution < 1.29 is 34.6 Å². The third kappa shape index (κ3) is 5.61. The molecule has 2 aromatic carbocycles. The molecule has 2 fully saturated rings. The van der Waals surface area contributed by atoms with Gasteiger partial charge in [0.2, 0.25) is 0 Å². The first kappa shape index (κ1) is 23.4. The lowest BCUT2D eigenvalue weighted by Gasteiger charge is -2.40. The second-order valence-electron chi connectivity index (χ2n) is 8.34. The summed E-state index contributed by atoms with van der Waals surface area (Å²) in [6.45, 7) is 0.638. The first-order valence-corrected chi connectivity index (χ1v) is 11.3. The summed E-state index contributed by atoms with van der Waals surface area (Å²) in [6.07, 6.45) is -2.73. The maximum absolute atomic E-state index is 10.4. The van der Waals surface area contributed by atoms with Crippen LogP contribution >= 0.6 is 11.6 Å². The molecule has 4 rings (SSSR count). The summed E-state index contributed by atoms with van der Waals surface area (Å²) >= 11 is 6.40. The summed E-state index contributed by atoms with van der Waals surface area (Å²) in [5.41, 5.74) is 2.46. The molecule has 1 aliphatic heterocycles. The summed E-state index contributed by atoms with van der Waals surface area (Å²) in [6, 6.07) is 13.0. The van der Waals surface area contributed by atoms with Crippen LogP contribution in [0.5, 0.6) is 5.75 Å². The van der Waals surface area contributed by atoms with Gasteiger partial charge in [-0.3, -0.25) is 0 Å². The summed E-state index contributed by atoms with van der Waals surface area (Å²) in [4.78, 5) is 0. The van der Waals surface area contributed by atoms with Crippen molar-refractivity contribution in [3.05, 3.63) is 64.2 Å². The average Bonchev–Trinajstić information content (AvgIpc) is 3.63. The molecule has 2 aromatic rings. The van der Waals surface area contributed by atoms with E-state index < -0.39 is 37.1 Å². The van der Waals surface area contributed by atoms with Crippen LogP contribution in [0, 0.1) is 0 Å². The van der Waals surface area contributed by atoms with Gasteiger partial charge in [0.1, 0.15) is 42.9 Å². The Labute approximate surface area is 192 Å². The number of benzene rings is 2. The van der Waals surface area contributed by atoms with Gasteiger partial charge in [0.15, 0.2) is 0 Å². The van der Waals surface area contributed by atoms with E-state index in [1.54, 1.807) is 12.1 Å². The van der Waals surface area contributed by atoms with Crippen LogP contribution in [0.4, 0.5) is 0 Å². The van der Waals surface area contributed by atoms with Gasteiger partial charge in [-0.2, -0.15) is 0 Å². The van der Waals surface area contributed by atoms with Crippen LogP contribution in [0.2, 0.25) is 5.02 Å². The van der Waals surface area contributed by atoms with Crippen LogP contribution in [0.15, 0.2) is 42.5 Å². The first-order chi connectivity index (χ1) is 15.5. The number of ether oxygens (including phenoxy) is 3. The van der Waals surface area contributed by atoms with Crippen molar-refractivity contribution in [1.82, 2.24) is 0 Å². The van der Waals surface area contributed by atoms with Crippen molar-refractivity contribution in [3.8, 4) is 5.75 Å². The number of rotatable bonds is 9. The summed E-state index contributed by atoms with van der Waals surface area (Å²) in [5, 5.41) is 40.5. The molecule has 1 saturated heterocycles. The molecule has 7 nitrogen and oxygen atoms in total. The maximum Gasteiger partial charge on any atom is 0.119 e. The Morgan fingerprint density at radius 3 is 2.38 bits per heavy atom. The normalized spacial score (nSPS) is 28.0. The van der Waals surface area contributed by atoms with Gasteiger partial charge in [-0.05, 0) is 54.2 Å². The Morgan fingerprint density at radius 2 is 1.69 bits per heavy atom. The van der Waals surface area contributed by atoms with Crippen molar-refractivity contribution in [2.75, 3.05) is 19.8 Å². The fraction of sp³-hybridized carbons (Fsp3) is 0.500. The fourth-order valence-corrected chi connectivity index (χ4v) is 4.00. The van der Waals surface area contributed by atoms with Gasteiger partial charge in [-0.15, -0.1) is 0 Å². The van der Waals surface area contributed by atoms with Crippen molar-refractivity contribution in [2.45, 2.75) is 55.9 Å². The minimum absolute atomic E-state index is 0.421. The highest BCUT2D eigenvalue weighted by molar-refractivity contribution is 6.31. The predicted octanol–water partition coefficient (Wildman–Crippen LogP) is 2.00. The highest BCUT2D eigenvalue weighted by atomic mass is 35.5. The van der Waals surface area contributed by atoms with Crippen LogP contribution in [-0.2, 0) is 15.9 Å². The lowest BCUT2D eigenvalue weighted by atomic mass is 9.90. The summed E-state index contributed by atoms with van der Waals surface area (Å²) in [5.74, 6) is 0.773. The third-order valence-corrected chi connectivity index (χ3v) is 6.21. The van der Waals surface area contributed by atoms with Gasteiger partial charge in [-0.25, -0.2) is 0 Å². The van der Waals surface area contributed by atoms with Crippen LogP contribution in [0.25, 0.3) is 0 Å². The number of aliphatic hydroxyl groups is 4. The zero-order valence-electron chi connectivity index (χ0n) is 17.6. The van der Waals surface area contributed by atoms with Gasteiger partial charge in [0, 0.05) is 5.02 Å². The minimum Gasteiger partial charge on any atom is -0.491 e. The van der Waals surface area contributed by atoms with Crippen LogP contribution in [0.1, 0.15) is 35.6 Å². The van der Waals surface area contributed by atoms with Gasteiger partial charge >= 0.3 is 0 Å². The molecular weight excluding hydrogens is 436 g/mol. The molecule has 2 unspecified atom stereocenters. The van der Waals surface area contributed by atoms with E-state index in [1.165, 1.54) is 0 Å². The molecule has 174 valence electrons. The molecule has 1 heterocycles. The number of halogens is 1. The predicted molar refractivity (Wildman–Crippen MR) is 118 cm³/mol. The maximum atomic E-state index is 10.4. The average molecular weight is 465 g/mol. The quantitative estimate of drug-likeness (QED) is 0.420. The lowest BCUT2D eigenvalue weighted by Crippen LogP contribution is -2.55. The molecule has 0 amide bonds. The van der Waals surface area contributed by atoms with E-state index >= 15 is 0 Å². The fourth-order valence-electron chi connectivity index (χ4n) is 3.82. The standard InChI is InChI=1S/C24H29ClO7/c25-19-8-3-15(24-23(29)22(28)21(27)20(13-26)32-24)12-16(19)11-14-1-4-17(5-2-14)30-9-10-31-18-6-7-18/h1-5,8,12,18,20-24,26-29H,6-7,9-11,13H2/t20?,21-,22?,23+,24+/m1/s1. The largest absolute Gasteiger partial charge is 0.491 e. The molecule has 4 N–H and O–H groups in total. The van der Waals surface area contributed by atoms with Crippen LogP contribution < -0.4 is 4.74 Å². The topological polar surface area (TPSA) is 109 Å². The third-order valence-electron chi connectivity index (χ3n) is 5.84. The van der Waals surface area contributed by atoms with E-state index in [4.69, 9.17) is 25.8 Å². The molecule has 8 heteroatoms. The van der Waals surface area contributed by atoms with Gasteiger partial charge in [0.05, 0.1) is 19.3 Å². The molecular formula is C24H29ClO7. The van der Waals surface area contributed by atoms with Crippen LogP contribution in [0.3, 0.4) is 0 Å². The molecule has 0 aromatic heterocycles. The van der Waals surface area contributed by atoms with Crippen molar-refractivity contribution in [3.63, 3.8) is 0 Å². The minimum atomic E-state index is -1.42. The van der Waals surface area contributed by atoms with E-state index in [0.29, 0.717) is 36.3 Å². The second-order valence-corrected chi connectivity index (χ2v) is 8.75. The highest BCUT2D eigenvalue weighted by Gasteiger charge is 2.44. The summed E-state index contributed by atoms with van der Waals surface area (Å²) < 4.78 is 16.9. The van der Waals surface area contributed by atoms with Gasteiger partial charge in [-0.1, -0.05) is 35.9 Å². The number of hydrogen-bond donors (Lipinski definition) is 4. The Kier molecular flexibility index (Phi) is 7.68. The zero-order chi connectivity index (χ0) is 22.7. The Balaban J connectivity index is 1.41. The molecule has 2 aliphatic rings. The smallest absolute Gasteiger partial charge is 0.119 e. The van der Waals surface area contributed by atoms with Gasteiger partial charge < -0.3 is 34.6 Å². The molecule has 1 saturated carbocycles. The van der Waals surface area contributed by atoms with Crippen molar-refractivity contribution in [2.24, 2.45) is 0 Å². The Morgan fingerprint density at radius 1 is 0.938 bits per heavy atom. The molecule has 0 spiro atoms. The Hall–Kier alpha value is -1.71. The first-order valence-electron chi connectivity index (χ1n) is 10.9. The van der Waals surface area contributed by atoms with Gasteiger partial charge in [0.25, 0.3) is 0 Å². The molecule has 5 atom stereocenters. The van der Waals surface area contributed by atoms with Crippen molar-refractivity contribution >= 4 is 11.6 Å². The molecule has 0 radical (unpaired) electrons. The molecule has 32 heavy (non-hydrogen) atoms. The van der Waals surface area contributed by atoms with E-state index in [9.17, 15) is 20.4 Å². The molecule has 1 aliphatic carbocycles. The van der Waals surface area contributed by atoms with E-state index in [2.05, 4.69) is 0 Å². The zero-order valence-corrected chi connectivity index (χ0v) is 18.4. The second kappa shape index (κ2) is 10.5. The SMILES string of the molecule is OCC1O[C@@H](c2ccc(Cl)c(Cc3ccc(OCCOC4CC4)cc3)c2)[C@@H](O)C(O)[C@@H]1O. The monoisotopic (exact) mass is 464 g/mol. The van der Waals surface area contributed by atoms with E-state index in [-0.39, 0.29) is 0 Å². The van der Waals surface area contributed by atoms with E-state index in [0.717, 1.165) is 29.7 Å². The van der Waals surface area contributed by atoms with Crippen molar-refractivity contribution in [1.29, 1.82) is 0 Å². The highest BCUT2D eigenvalue weighted by Crippen LogP contribution is 2.34. The number of aliphatic hydroxyl groups excluding tert-OH is 4. The number of hydrogen-bond acceptors (Lipinski definition) is 7.